The summed E-state index contributed by atoms with van der Waals surface area (Å²) in [4.78, 5) is 29.8. The lowest BCUT2D eigenvalue weighted by Gasteiger charge is -2.29. The van der Waals surface area contributed by atoms with E-state index in [1.807, 2.05) is 28.0 Å². The Morgan fingerprint density at radius 3 is 2.59 bits per heavy atom. The Morgan fingerprint density at radius 1 is 1.07 bits per heavy atom. The number of rotatable bonds is 3. The highest BCUT2D eigenvalue weighted by molar-refractivity contribution is 5.95. The Hall–Kier alpha value is -3.42. The van der Waals surface area contributed by atoms with Crippen molar-refractivity contribution in [3.8, 4) is 0 Å². The Kier molecular flexibility index (Phi) is 4.19. The third kappa shape index (κ3) is 2.91. The van der Waals surface area contributed by atoms with Gasteiger partial charge in [0.1, 0.15) is 6.26 Å². The van der Waals surface area contributed by atoms with Gasteiger partial charge in [-0.1, -0.05) is 30.3 Å². The molecule has 1 aromatic carbocycles. The van der Waals surface area contributed by atoms with Crippen LogP contribution in [-0.2, 0) is 0 Å². The number of furan rings is 1. The molecule has 0 saturated carbocycles. The number of aromatic amines is 1. The number of fused-ring (bicyclic) bond motifs is 1. The number of carbonyl (C=O) groups is 2. The first-order valence-corrected chi connectivity index (χ1v) is 9.68. The number of benzene rings is 1. The molecule has 29 heavy (non-hydrogen) atoms. The average molecular weight is 391 g/mol. The molecule has 1 N–H and O–H groups in total. The summed E-state index contributed by atoms with van der Waals surface area (Å²) in [7, 11) is 0. The first kappa shape index (κ1) is 17.7. The summed E-state index contributed by atoms with van der Waals surface area (Å²) in [5, 5.41) is 10.5. The zero-order valence-corrected chi connectivity index (χ0v) is 16.0. The van der Waals surface area contributed by atoms with Gasteiger partial charge < -0.3 is 14.2 Å². The summed E-state index contributed by atoms with van der Waals surface area (Å²) < 4.78 is 5.11. The van der Waals surface area contributed by atoms with E-state index in [4.69, 9.17) is 4.42 Å². The molecule has 8 heteroatoms. The van der Waals surface area contributed by atoms with Crippen molar-refractivity contribution in [1.29, 1.82) is 0 Å². The second kappa shape index (κ2) is 6.88. The predicted octanol–water partition coefficient (Wildman–Crippen LogP) is 2.29. The van der Waals surface area contributed by atoms with E-state index in [2.05, 4.69) is 27.5 Å². The number of amides is 2. The van der Waals surface area contributed by atoms with Gasteiger partial charge in [0.15, 0.2) is 5.69 Å². The summed E-state index contributed by atoms with van der Waals surface area (Å²) in [6.45, 7) is 3.57. The molecule has 3 aromatic rings. The molecule has 2 aliphatic rings. The van der Waals surface area contributed by atoms with Crippen molar-refractivity contribution in [2.45, 2.75) is 13.0 Å². The second-order valence-corrected chi connectivity index (χ2v) is 7.72. The predicted molar refractivity (Wildman–Crippen MR) is 103 cm³/mol. The van der Waals surface area contributed by atoms with Crippen molar-refractivity contribution in [3.05, 3.63) is 71.4 Å². The number of hydrogen-bond donors (Lipinski definition) is 1. The minimum absolute atomic E-state index is 0.0350. The van der Waals surface area contributed by atoms with Crippen LogP contribution in [0.5, 0.6) is 0 Å². The van der Waals surface area contributed by atoms with Gasteiger partial charge in [-0.3, -0.25) is 9.59 Å². The molecule has 3 atom stereocenters. The molecule has 2 saturated heterocycles. The highest BCUT2D eigenvalue weighted by Crippen LogP contribution is 2.45. The first-order valence-electron chi connectivity index (χ1n) is 9.68. The molecule has 2 aromatic heterocycles. The standard InChI is InChI=1S/C21H21N5O3/c1-13-18(23-24-22-13)21(28)25-9-16-10-26(20(27)15-7-8-29-12-15)19(17(16)11-25)14-5-3-2-4-6-14/h2-8,12,16-17,19H,9-11H2,1H3,(H,22,23,24)/t16-,17-,19+/m0/s1. The third-order valence-electron chi connectivity index (χ3n) is 6.05. The van der Waals surface area contributed by atoms with Crippen LogP contribution >= 0.6 is 0 Å². The zero-order chi connectivity index (χ0) is 20.0. The SMILES string of the molecule is Cc1n[nH]nc1C(=O)N1C[C@H]2CN(C(=O)c3ccoc3)[C@H](c3ccccc3)[C@H]2C1. The van der Waals surface area contributed by atoms with Crippen LogP contribution in [0.3, 0.4) is 0 Å². The van der Waals surface area contributed by atoms with Crippen molar-refractivity contribution in [3.63, 3.8) is 0 Å². The van der Waals surface area contributed by atoms with E-state index in [1.54, 1.807) is 13.0 Å². The van der Waals surface area contributed by atoms with Gasteiger partial charge in [-0.15, -0.1) is 0 Å². The molecule has 2 aliphatic heterocycles. The summed E-state index contributed by atoms with van der Waals surface area (Å²) in [5.74, 6) is 0.244. The number of nitrogens with zero attached hydrogens (tertiary/aromatic N) is 4. The lowest BCUT2D eigenvalue weighted by atomic mass is 9.89. The molecular weight excluding hydrogens is 370 g/mol. The minimum Gasteiger partial charge on any atom is -0.472 e. The van der Waals surface area contributed by atoms with Gasteiger partial charge in [0, 0.05) is 31.5 Å². The monoisotopic (exact) mass is 391 g/mol. The maximum absolute atomic E-state index is 13.1. The average Bonchev–Trinajstić information content (AvgIpc) is 3.51. The minimum atomic E-state index is -0.106. The van der Waals surface area contributed by atoms with Gasteiger partial charge in [0.05, 0.1) is 23.6 Å². The van der Waals surface area contributed by atoms with Crippen molar-refractivity contribution in [2.24, 2.45) is 11.8 Å². The second-order valence-electron chi connectivity index (χ2n) is 7.72. The first-order chi connectivity index (χ1) is 14.1. The normalized spacial score (nSPS) is 23.4. The lowest BCUT2D eigenvalue weighted by molar-refractivity contribution is 0.0674. The van der Waals surface area contributed by atoms with Crippen LogP contribution in [0, 0.1) is 18.8 Å². The number of aryl methyl sites for hydroxylation is 1. The number of aromatic nitrogens is 3. The molecule has 148 valence electrons. The molecule has 8 nitrogen and oxygen atoms in total. The molecule has 0 aliphatic carbocycles. The fraction of sp³-hybridized carbons (Fsp3) is 0.333. The Labute approximate surface area is 167 Å². The van der Waals surface area contributed by atoms with Crippen molar-refractivity contribution < 1.29 is 14.0 Å². The summed E-state index contributed by atoms with van der Waals surface area (Å²) in [5.41, 5.74) is 2.61. The largest absolute Gasteiger partial charge is 0.472 e. The fourth-order valence-electron chi connectivity index (χ4n) is 4.69. The maximum atomic E-state index is 13.1. The van der Waals surface area contributed by atoms with Crippen molar-refractivity contribution in [2.75, 3.05) is 19.6 Å². The zero-order valence-electron chi connectivity index (χ0n) is 16.0. The molecule has 0 radical (unpaired) electrons. The molecule has 2 amide bonds. The lowest BCUT2D eigenvalue weighted by Crippen LogP contribution is -2.37. The molecule has 2 fully saturated rings. The van der Waals surface area contributed by atoms with Gasteiger partial charge in [-0.05, 0) is 18.6 Å². The van der Waals surface area contributed by atoms with Gasteiger partial charge in [-0.25, -0.2) is 0 Å². The molecular formula is C21H21N5O3. The van der Waals surface area contributed by atoms with Crippen LogP contribution in [0.2, 0.25) is 0 Å². The van der Waals surface area contributed by atoms with E-state index >= 15 is 0 Å². The van der Waals surface area contributed by atoms with Crippen LogP contribution < -0.4 is 0 Å². The van der Waals surface area contributed by atoms with E-state index in [1.165, 1.54) is 12.5 Å². The van der Waals surface area contributed by atoms with Crippen LogP contribution in [0.25, 0.3) is 0 Å². The topological polar surface area (TPSA) is 95.3 Å². The van der Waals surface area contributed by atoms with E-state index in [9.17, 15) is 9.59 Å². The maximum Gasteiger partial charge on any atom is 0.276 e. The molecule has 0 unspecified atom stereocenters. The van der Waals surface area contributed by atoms with Crippen molar-refractivity contribution in [1.82, 2.24) is 25.2 Å². The Balaban J connectivity index is 1.44. The van der Waals surface area contributed by atoms with Crippen LogP contribution in [0.15, 0.2) is 53.3 Å². The number of carbonyl (C=O) groups excluding carboxylic acids is 2. The van der Waals surface area contributed by atoms with E-state index in [-0.39, 0.29) is 29.7 Å². The van der Waals surface area contributed by atoms with E-state index in [0.717, 1.165) is 5.56 Å². The van der Waals surface area contributed by atoms with Crippen molar-refractivity contribution >= 4 is 11.8 Å². The van der Waals surface area contributed by atoms with E-state index < -0.39 is 0 Å². The number of H-pyrrole nitrogens is 1. The smallest absolute Gasteiger partial charge is 0.276 e. The third-order valence-corrected chi connectivity index (χ3v) is 6.05. The number of nitrogens with one attached hydrogen (secondary N) is 1. The van der Waals surface area contributed by atoms with Crippen LogP contribution in [-0.4, -0.2) is 56.7 Å². The molecule has 0 bridgehead atoms. The molecule has 0 spiro atoms. The molecule has 4 heterocycles. The number of hydrogen-bond acceptors (Lipinski definition) is 5. The Morgan fingerprint density at radius 2 is 1.90 bits per heavy atom. The van der Waals surface area contributed by atoms with Gasteiger partial charge in [-0.2, -0.15) is 15.4 Å². The highest BCUT2D eigenvalue weighted by atomic mass is 16.3. The summed E-state index contributed by atoms with van der Waals surface area (Å²) in [6.07, 6.45) is 3.00. The van der Waals surface area contributed by atoms with E-state index in [0.29, 0.717) is 36.6 Å². The van der Waals surface area contributed by atoms with Crippen LogP contribution in [0.4, 0.5) is 0 Å². The quantitative estimate of drug-likeness (QED) is 0.739. The van der Waals surface area contributed by atoms with Gasteiger partial charge in [0.2, 0.25) is 0 Å². The number of likely N-dealkylation sites (tertiary alicyclic amines) is 2. The van der Waals surface area contributed by atoms with Gasteiger partial charge in [0.25, 0.3) is 11.8 Å². The summed E-state index contributed by atoms with van der Waals surface area (Å²) in [6, 6.07) is 11.7. The highest BCUT2D eigenvalue weighted by Gasteiger charge is 2.50. The fourth-order valence-corrected chi connectivity index (χ4v) is 4.69. The van der Waals surface area contributed by atoms with Gasteiger partial charge >= 0.3 is 0 Å². The summed E-state index contributed by atoms with van der Waals surface area (Å²) >= 11 is 0. The Bertz CT molecular complexity index is 1030. The van der Waals surface area contributed by atoms with Crippen LogP contribution in [0.1, 0.15) is 38.1 Å². The molecule has 5 rings (SSSR count).